The summed E-state index contributed by atoms with van der Waals surface area (Å²) in [6, 6.07) is 8.15. The van der Waals surface area contributed by atoms with Crippen LogP contribution in [0.1, 0.15) is 23.4 Å². The van der Waals surface area contributed by atoms with Crippen LogP contribution in [0.2, 0.25) is 0 Å². The van der Waals surface area contributed by atoms with E-state index >= 15 is 0 Å². The molecule has 0 radical (unpaired) electrons. The Hall–Kier alpha value is -1.79. The zero-order chi connectivity index (χ0) is 16.1. The molecule has 1 aromatic heterocycles. The van der Waals surface area contributed by atoms with Gasteiger partial charge in [0.1, 0.15) is 6.54 Å². The highest BCUT2D eigenvalue weighted by atomic mass is 32.2. The first-order valence-corrected chi connectivity index (χ1v) is 8.84. The van der Waals surface area contributed by atoms with E-state index in [2.05, 4.69) is 27.4 Å². The van der Waals surface area contributed by atoms with Crippen LogP contribution >= 0.6 is 11.8 Å². The summed E-state index contributed by atoms with van der Waals surface area (Å²) >= 11 is 1.73. The number of ether oxygens (including phenoxy) is 2. The molecule has 0 saturated heterocycles. The topological polar surface area (TPSA) is 60.9 Å². The molecule has 0 bridgehead atoms. The van der Waals surface area contributed by atoms with Gasteiger partial charge >= 0.3 is 0 Å². The summed E-state index contributed by atoms with van der Waals surface area (Å²) in [5.41, 5.74) is 3.34. The minimum atomic E-state index is 0.334. The fourth-order valence-electron chi connectivity index (χ4n) is 2.49. The van der Waals surface area contributed by atoms with Gasteiger partial charge in [-0.3, -0.25) is 0 Å². The highest BCUT2D eigenvalue weighted by molar-refractivity contribution is 7.99. The number of aromatic nitrogens is 2. The fraction of sp³-hybridized carbons (Fsp3) is 0.412. The lowest BCUT2D eigenvalue weighted by Crippen LogP contribution is -2.82. The molecular weight excluding hydrogens is 310 g/mol. The number of quaternary nitrogens is 1. The highest BCUT2D eigenvalue weighted by Gasteiger charge is 2.13. The van der Waals surface area contributed by atoms with E-state index in [4.69, 9.17) is 9.47 Å². The van der Waals surface area contributed by atoms with Gasteiger partial charge in [0.25, 0.3) is 0 Å². The number of hydrogen-bond donors (Lipinski definition) is 1. The second kappa shape index (κ2) is 7.66. The van der Waals surface area contributed by atoms with Gasteiger partial charge in [0.05, 0.1) is 6.54 Å². The van der Waals surface area contributed by atoms with Crippen LogP contribution in [0.3, 0.4) is 0 Å². The molecule has 3 rings (SSSR count). The molecule has 0 unspecified atom stereocenters. The smallest absolute Gasteiger partial charge is 0.231 e. The summed E-state index contributed by atoms with van der Waals surface area (Å²) < 4.78 is 10.7. The summed E-state index contributed by atoms with van der Waals surface area (Å²) in [4.78, 5) is 8.90. The van der Waals surface area contributed by atoms with Crippen molar-refractivity contribution in [3.05, 3.63) is 41.2 Å². The minimum Gasteiger partial charge on any atom is -0.454 e. The average molecular weight is 332 g/mol. The number of benzene rings is 1. The van der Waals surface area contributed by atoms with E-state index < -0.39 is 0 Å². The maximum atomic E-state index is 5.40. The Balaban J connectivity index is 1.35. The molecule has 0 saturated carbocycles. The van der Waals surface area contributed by atoms with Crippen molar-refractivity contribution in [1.29, 1.82) is 0 Å². The van der Waals surface area contributed by atoms with Crippen molar-refractivity contribution in [3.8, 4) is 11.5 Å². The first-order valence-electron chi connectivity index (χ1n) is 7.86. The molecule has 0 fully saturated rings. The van der Waals surface area contributed by atoms with E-state index in [0.29, 0.717) is 6.79 Å². The number of fused-ring (bicyclic) bond motifs is 1. The summed E-state index contributed by atoms with van der Waals surface area (Å²) in [5, 5.41) is 3.21. The van der Waals surface area contributed by atoms with Crippen molar-refractivity contribution < 1.29 is 14.8 Å². The third-order valence-electron chi connectivity index (χ3n) is 3.56. The largest absolute Gasteiger partial charge is 0.454 e. The standard InChI is InChI=1S/C17H21N3O2S/c1-12-8-13(2)20-17(19-12)23-7-3-6-18-10-14-4-5-15-16(9-14)22-11-21-15/h4-5,8-9,18H,3,6-7,10-11H2,1-2H3/p+1. The molecule has 23 heavy (non-hydrogen) atoms. The number of aryl methyl sites for hydroxylation is 2. The van der Waals surface area contributed by atoms with Gasteiger partial charge in [-0.2, -0.15) is 0 Å². The Kier molecular flexibility index (Phi) is 5.35. The van der Waals surface area contributed by atoms with Crippen molar-refractivity contribution in [3.63, 3.8) is 0 Å². The molecule has 1 aliphatic rings. The van der Waals surface area contributed by atoms with Crippen LogP contribution in [-0.4, -0.2) is 29.1 Å². The summed E-state index contributed by atoms with van der Waals surface area (Å²) in [6.45, 7) is 6.41. The van der Waals surface area contributed by atoms with Crippen molar-refractivity contribution in [1.82, 2.24) is 9.97 Å². The van der Waals surface area contributed by atoms with Gasteiger partial charge in [0.2, 0.25) is 6.79 Å². The molecule has 2 aromatic rings. The van der Waals surface area contributed by atoms with Crippen molar-refractivity contribution in [2.75, 3.05) is 19.1 Å². The average Bonchev–Trinajstić information content (AvgIpc) is 2.97. The molecule has 2 N–H and O–H groups in total. The Labute approximate surface area is 140 Å². The van der Waals surface area contributed by atoms with Crippen LogP contribution < -0.4 is 14.8 Å². The predicted octanol–water partition coefficient (Wildman–Crippen LogP) is 2.07. The van der Waals surface area contributed by atoms with Gasteiger partial charge in [-0.1, -0.05) is 11.8 Å². The highest BCUT2D eigenvalue weighted by Crippen LogP contribution is 2.32. The zero-order valence-electron chi connectivity index (χ0n) is 13.5. The number of nitrogens with zero attached hydrogens (tertiary/aromatic N) is 2. The molecule has 1 aliphatic heterocycles. The van der Waals surface area contributed by atoms with Gasteiger partial charge in [0.15, 0.2) is 16.7 Å². The van der Waals surface area contributed by atoms with E-state index in [1.165, 1.54) is 5.56 Å². The van der Waals surface area contributed by atoms with Crippen LogP contribution in [-0.2, 0) is 6.54 Å². The molecule has 6 heteroatoms. The Bertz CT molecular complexity index is 659. The Morgan fingerprint density at radius 1 is 1.09 bits per heavy atom. The van der Waals surface area contributed by atoms with Crippen molar-refractivity contribution in [2.24, 2.45) is 0 Å². The van der Waals surface area contributed by atoms with Crippen molar-refractivity contribution >= 4 is 11.8 Å². The molecule has 0 spiro atoms. The lowest BCUT2D eigenvalue weighted by Gasteiger charge is -2.04. The second-order valence-corrected chi connectivity index (χ2v) is 6.67. The molecule has 0 aliphatic carbocycles. The van der Waals surface area contributed by atoms with E-state index in [1.54, 1.807) is 11.8 Å². The third-order valence-corrected chi connectivity index (χ3v) is 4.50. The summed E-state index contributed by atoms with van der Waals surface area (Å²) in [5.74, 6) is 2.75. The SMILES string of the molecule is Cc1cc(C)nc(SCCC[NH2+]Cc2ccc3c(c2)OCO3)n1. The van der Waals surface area contributed by atoms with E-state index in [0.717, 1.165) is 53.3 Å². The van der Waals surface area contributed by atoms with Crippen LogP contribution in [0.15, 0.2) is 29.4 Å². The normalized spacial score (nSPS) is 12.6. The maximum absolute atomic E-state index is 5.40. The summed E-state index contributed by atoms with van der Waals surface area (Å²) in [7, 11) is 0. The number of hydrogen-bond acceptors (Lipinski definition) is 5. The molecule has 5 nitrogen and oxygen atoms in total. The van der Waals surface area contributed by atoms with Gasteiger partial charge in [-0.15, -0.1) is 0 Å². The number of nitrogens with two attached hydrogens (primary N) is 1. The molecule has 1 aromatic carbocycles. The van der Waals surface area contributed by atoms with Gasteiger partial charge in [-0.05, 0) is 38.1 Å². The third kappa shape index (κ3) is 4.59. The Morgan fingerprint density at radius 2 is 1.87 bits per heavy atom. The van der Waals surface area contributed by atoms with E-state index in [-0.39, 0.29) is 0 Å². The molecule has 0 atom stereocenters. The minimum absolute atomic E-state index is 0.334. The van der Waals surface area contributed by atoms with Crippen LogP contribution in [0.4, 0.5) is 0 Å². The van der Waals surface area contributed by atoms with Crippen molar-refractivity contribution in [2.45, 2.75) is 32.0 Å². The van der Waals surface area contributed by atoms with E-state index in [9.17, 15) is 0 Å². The van der Waals surface area contributed by atoms with Crippen LogP contribution in [0.25, 0.3) is 0 Å². The summed E-state index contributed by atoms with van der Waals surface area (Å²) in [6.07, 6.45) is 1.13. The number of thioether (sulfide) groups is 1. The van der Waals surface area contributed by atoms with E-state index in [1.807, 2.05) is 26.0 Å². The van der Waals surface area contributed by atoms with Crippen LogP contribution in [0.5, 0.6) is 11.5 Å². The maximum Gasteiger partial charge on any atom is 0.231 e. The van der Waals surface area contributed by atoms with Crippen LogP contribution in [0, 0.1) is 13.8 Å². The van der Waals surface area contributed by atoms with Gasteiger partial charge < -0.3 is 14.8 Å². The number of rotatable bonds is 7. The molecule has 122 valence electrons. The monoisotopic (exact) mass is 332 g/mol. The Morgan fingerprint density at radius 3 is 2.70 bits per heavy atom. The molecule has 0 amide bonds. The lowest BCUT2D eigenvalue weighted by molar-refractivity contribution is -0.670. The van der Waals surface area contributed by atoms with Gasteiger partial charge in [0, 0.05) is 29.1 Å². The first kappa shape index (κ1) is 16.1. The predicted molar refractivity (Wildman–Crippen MR) is 89.9 cm³/mol. The zero-order valence-corrected chi connectivity index (χ0v) is 14.4. The lowest BCUT2D eigenvalue weighted by atomic mass is 10.2. The fourth-order valence-corrected chi connectivity index (χ4v) is 3.40. The molecular formula is C17H22N3O2S+. The first-order chi connectivity index (χ1) is 11.2. The second-order valence-electron chi connectivity index (χ2n) is 5.60. The quantitative estimate of drug-likeness (QED) is 0.478. The molecule has 2 heterocycles. The van der Waals surface area contributed by atoms with Gasteiger partial charge in [-0.25, -0.2) is 9.97 Å².